The molecule has 0 spiro atoms. The van der Waals surface area contributed by atoms with Gasteiger partial charge in [-0.15, -0.1) is 11.3 Å². The summed E-state index contributed by atoms with van der Waals surface area (Å²) in [7, 11) is 1.67. The molecule has 2 heterocycles. The molecule has 5 heteroatoms. The van der Waals surface area contributed by atoms with Crippen LogP contribution in [0.15, 0.2) is 29.6 Å². The molecule has 2 aromatic heterocycles. The normalized spacial score (nSPS) is 12.2. The smallest absolute Gasteiger partial charge is 0.176 e. The predicted molar refractivity (Wildman–Crippen MR) is 91.0 cm³/mol. The standard InChI is InChI=1S/C17H21N3OS/c1-17(2,3)11-20-16(18-14(19-20)10-21-4)13-7-5-6-12-8-9-22-15(12)13/h5-9H,10-11H2,1-4H3. The maximum Gasteiger partial charge on any atom is 0.176 e. The Kier molecular flexibility index (Phi) is 4.02. The molecule has 0 radical (unpaired) electrons. The number of nitrogens with zero attached hydrogens (tertiary/aromatic N) is 3. The Labute approximate surface area is 134 Å². The van der Waals surface area contributed by atoms with E-state index in [9.17, 15) is 0 Å². The summed E-state index contributed by atoms with van der Waals surface area (Å²) in [6.07, 6.45) is 0. The number of thiophene rings is 1. The monoisotopic (exact) mass is 315 g/mol. The molecule has 0 fully saturated rings. The molecule has 0 N–H and O–H groups in total. The molecule has 0 atom stereocenters. The SMILES string of the molecule is COCc1nc(-c2cccc3ccsc23)n(CC(C)(C)C)n1. The first kappa shape index (κ1) is 15.2. The van der Waals surface area contributed by atoms with E-state index in [1.807, 2.05) is 4.68 Å². The Morgan fingerprint density at radius 3 is 2.77 bits per heavy atom. The Bertz CT molecular complexity index is 783. The van der Waals surface area contributed by atoms with Crippen molar-refractivity contribution in [2.45, 2.75) is 33.9 Å². The van der Waals surface area contributed by atoms with E-state index in [-0.39, 0.29) is 5.41 Å². The fourth-order valence-corrected chi connectivity index (χ4v) is 3.42. The molecule has 0 aliphatic rings. The van der Waals surface area contributed by atoms with Gasteiger partial charge < -0.3 is 4.74 Å². The number of fused-ring (bicyclic) bond motifs is 1. The lowest BCUT2D eigenvalue weighted by Gasteiger charge is -2.19. The zero-order valence-electron chi connectivity index (χ0n) is 13.5. The van der Waals surface area contributed by atoms with E-state index >= 15 is 0 Å². The molecule has 0 bridgehead atoms. The topological polar surface area (TPSA) is 39.9 Å². The Morgan fingerprint density at radius 1 is 1.23 bits per heavy atom. The van der Waals surface area contributed by atoms with Gasteiger partial charge in [0, 0.05) is 23.9 Å². The number of hydrogen-bond donors (Lipinski definition) is 0. The first-order valence-corrected chi connectivity index (χ1v) is 8.25. The molecule has 0 saturated heterocycles. The van der Waals surface area contributed by atoms with Crippen molar-refractivity contribution in [2.24, 2.45) is 5.41 Å². The number of rotatable bonds is 4. The van der Waals surface area contributed by atoms with Crippen LogP contribution in [0.2, 0.25) is 0 Å². The summed E-state index contributed by atoms with van der Waals surface area (Å²) < 4.78 is 8.47. The summed E-state index contributed by atoms with van der Waals surface area (Å²) in [6.45, 7) is 7.88. The van der Waals surface area contributed by atoms with Crippen LogP contribution in [0.3, 0.4) is 0 Å². The quantitative estimate of drug-likeness (QED) is 0.718. The second kappa shape index (κ2) is 5.82. The number of methoxy groups -OCH3 is 1. The summed E-state index contributed by atoms with van der Waals surface area (Å²) in [4.78, 5) is 4.72. The zero-order chi connectivity index (χ0) is 15.7. The van der Waals surface area contributed by atoms with E-state index in [0.717, 1.165) is 23.8 Å². The molecule has 0 amide bonds. The molecule has 3 aromatic rings. The average Bonchev–Trinajstić information content (AvgIpc) is 3.03. The van der Waals surface area contributed by atoms with Gasteiger partial charge in [0.25, 0.3) is 0 Å². The van der Waals surface area contributed by atoms with Gasteiger partial charge in [0.1, 0.15) is 6.61 Å². The van der Waals surface area contributed by atoms with Crippen molar-refractivity contribution in [1.29, 1.82) is 0 Å². The molecule has 0 unspecified atom stereocenters. The minimum Gasteiger partial charge on any atom is -0.377 e. The van der Waals surface area contributed by atoms with Crippen molar-refractivity contribution in [1.82, 2.24) is 14.8 Å². The third-order valence-electron chi connectivity index (χ3n) is 3.33. The number of hydrogen-bond acceptors (Lipinski definition) is 4. The largest absolute Gasteiger partial charge is 0.377 e. The van der Waals surface area contributed by atoms with E-state index in [1.54, 1.807) is 18.4 Å². The Hall–Kier alpha value is -1.72. The van der Waals surface area contributed by atoms with Gasteiger partial charge >= 0.3 is 0 Å². The number of ether oxygens (including phenoxy) is 1. The summed E-state index contributed by atoms with van der Waals surface area (Å²) in [6, 6.07) is 8.48. The first-order valence-electron chi connectivity index (χ1n) is 7.37. The van der Waals surface area contributed by atoms with E-state index < -0.39 is 0 Å². The first-order chi connectivity index (χ1) is 10.5. The minimum absolute atomic E-state index is 0.135. The zero-order valence-corrected chi connectivity index (χ0v) is 14.3. The molecule has 116 valence electrons. The molecule has 0 aliphatic carbocycles. The van der Waals surface area contributed by atoms with Crippen LogP contribution in [-0.2, 0) is 17.9 Å². The number of benzene rings is 1. The van der Waals surface area contributed by atoms with Crippen LogP contribution in [0.1, 0.15) is 26.6 Å². The van der Waals surface area contributed by atoms with Gasteiger partial charge in [-0.3, -0.25) is 0 Å². The maximum atomic E-state index is 5.20. The van der Waals surface area contributed by atoms with Gasteiger partial charge in [0.2, 0.25) is 0 Å². The van der Waals surface area contributed by atoms with Gasteiger partial charge in [0.15, 0.2) is 11.6 Å². The predicted octanol–water partition coefficient (Wildman–Crippen LogP) is 4.35. The van der Waals surface area contributed by atoms with Gasteiger partial charge in [0.05, 0.1) is 0 Å². The summed E-state index contributed by atoms with van der Waals surface area (Å²) >= 11 is 1.75. The van der Waals surface area contributed by atoms with Crippen LogP contribution in [0.4, 0.5) is 0 Å². The third kappa shape index (κ3) is 3.05. The highest BCUT2D eigenvalue weighted by molar-refractivity contribution is 7.17. The second-order valence-corrected chi connectivity index (χ2v) is 7.56. The van der Waals surface area contributed by atoms with Crippen LogP contribution in [-0.4, -0.2) is 21.9 Å². The van der Waals surface area contributed by atoms with Crippen molar-refractivity contribution in [3.8, 4) is 11.4 Å². The van der Waals surface area contributed by atoms with E-state index in [4.69, 9.17) is 9.72 Å². The van der Waals surface area contributed by atoms with Crippen molar-refractivity contribution in [3.05, 3.63) is 35.5 Å². The molecule has 1 aromatic carbocycles. The Balaban J connectivity index is 2.14. The van der Waals surface area contributed by atoms with Crippen molar-refractivity contribution in [2.75, 3.05) is 7.11 Å². The molecule has 4 nitrogen and oxygen atoms in total. The molecule has 0 saturated carbocycles. The maximum absolute atomic E-state index is 5.20. The lowest BCUT2D eigenvalue weighted by Crippen LogP contribution is -2.17. The summed E-state index contributed by atoms with van der Waals surface area (Å²) in [5.74, 6) is 1.66. The Morgan fingerprint density at radius 2 is 2.05 bits per heavy atom. The van der Waals surface area contributed by atoms with Crippen LogP contribution < -0.4 is 0 Å². The third-order valence-corrected chi connectivity index (χ3v) is 4.30. The van der Waals surface area contributed by atoms with Gasteiger partial charge in [-0.05, 0) is 28.3 Å². The van der Waals surface area contributed by atoms with E-state index in [1.165, 1.54) is 10.1 Å². The van der Waals surface area contributed by atoms with E-state index in [0.29, 0.717) is 6.61 Å². The number of aromatic nitrogens is 3. The fraction of sp³-hybridized carbons (Fsp3) is 0.412. The molecule has 3 rings (SSSR count). The summed E-state index contributed by atoms with van der Waals surface area (Å²) in [5.41, 5.74) is 1.28. The minimum atomic E-state index is 0.135. The molecule has 0 aliphatic heterocycles. The molecular weight excluding hydrogens is 294 g/mol. The second-order valence-electron chi connectivity index (χ2n) is 6.65. The molecule has 22 heavy (non-hydrogen) atoms. The lowest BCUT2D eigenvalue weighted by atomic mass is 9.97. The van der Waals surface area contributed by atoms with Gasteiger partial charge in [-0.1, -0.05) is 32.9 Å². The van der Waals surface area contributed by atoms with Crippen LogP contribution in [0.5, 0.6) is 0 Å². The van der Waals surface area contributed by atoms with Gasteiger partial charge in [-0.2, -0.15) is 5.10 Å². The van der Waals surface area contributed by atoms with Crippen LogP contribution >= 0.6 is 11.3 Å². The molecular formula is C17H21N3OS. The average molecular weight is 315 g/mol. The lowest BCUT2D eigenvalue weighted by molar-refractivity contribution is 0.177. The highest BCUT2D eigenvalue weighted by Gasteiger charge is 2.19. The van der Waals surface area contributed by atoms with Crippen LogP contribution in [0, 0.1) is 5.41 Å². The summed E-state index contributed by atoms with van der Waals surface area (Å²) in [5, 5.41) is 8.01. The highest BCUT2D eigenvalue weighted by Crippen LogP contribution is 2.32. The van der Waals surface area contributed by atoms with Gasteiger partial charge in [-0.25, -0.2) is 9.67 Å². The fourth-order valence-electron chi connectivity index (χ4n) is 2.51. The van der Waals surface area contributed by atoms with E-state index in [2.05, 4.69) is 55.5 Å². The highest BCUT2D eigenvalue weighted by atomic mass is 32.1. The van der Waals surface area contributed by atoms with Crippen LogP contribution in [0.25, 0.3) is 21.5 Å². The van der Waals surface area contributed by atoms with Crippen molar-refractivity contribution < 1.29 is 4.74 Å². The van der Waals surface area contributed by atoms with Crippen molar-refractivity contribution in [3.63, 3.8) is 0 Å². The van der Waals surface area contributed by atoms with Crippen molar-refractivity contribution >= 4 is 21.4 Å².